The Morgan fingerprint density at radius 3 is 2.54 bits per heavy atom. The molecule has 1 heterocycles. The summed E-state index contributed by atoms with van der Waals surface area (Å²) in [5, 5.41) is 0. The summed E-state index contributed by atoms with van der Waals surface area (Å²) in [6.45, 7) is 2.25. The van der Waals surface area contributed by atoms with Gasteiger partial charge in [0, 0.05) is 12.2 Å². The number of benzene rings is 2. The number of hydrogen-bond donors (Lipinski definition) is 1. The molecule has 0 aliphatic carbocycles. The van der Waals surface area contributed by atoms with Crippen LogP contribution in [0, 0.1) is 0 Å². The highest BCUT2D eigenvalue weighted by molar-refractivity contribution is 7.92. The molecule has 3 rings (SSSR count). The van der Waals surface area contributed by atoms with Gasteiger partial charge in [-0.25, -0.2) is 8.42 Å². The van der Waals surface area contributed by atoms with Gasteiger partial charge in [-0.1, -0.05) is 17.4 Å². The monoisotopic (exact) mass is 402 g/mol. The molecule has 0 amide bonds. The fraction of sp³-hybridized carbons (Fsp3) is 0.188. The molecule has 138 valence electrons. The van der Waals surface area contributed by atoms with Crippen molar-refractivity contribution in [2.45, 2.75) is 24.5 Å². The zero-order valence-corrected chi connectivity index (χ0v) is 15.0. The Morgan fingerprint density at radius 1 is 1.15 bits per heavy atom. The number of hydrogen-bond acceptors (Lipinski definition) is 4. The molecule has 1 N–H and O–H groups in total. The molecule has 0 radical (unpaired) electrons. The SMILES string of the molecule is CCn1c(=O)sc2cc(S(=O)(=O)Nc3cccc(C(F)(F)F)c3)ccc21. The molecule has 0 unspecified atom stereocenters. The van der Waals surface area contributed by atoms with Gasteiger partial charge >= 0.3 is 11.0 Å². The van der Waals surface area contributed by atoms with Crippen molar-refractivity contribution in [3.05, 3.63) is 57.7 Å². The molecule has 3 aromatic rings. The lowest BCUT2D eigenvalue weighted by Crippen LogP contribution is -2.14. The van der Waals surface area contributed by atoms with Gasteiger partial charge in [0.2, 0.25) is 0 Å². The Kier molecular flexibility index (Phi) is 4.57. The van der Waals surface area contributed by atoms with E-state index in [-0.39, 0.29) is 15.5 Å². The van der Waals surface area contributed by atoms with Gasteiger partial charge in [0.1, 0.15) is 0 Å². The first kappa shape index (κ1) is 18.5. The summed E-state index contributed by atoms with van der Waals surface area (Å²) < 4.78 is 67.4. The van der Waals surface area contributed by atoms with E-state index in [0.29, 0.717) is 16.8 Å². The molecule has 0 fully saturated rings. The molecule has 2 aromatic carbocycles. The molecule has 5 nitrogen and oxygen atoms in total. The number of aromatic nitrogens is 1. The first-order valence-corrected chi connectivity index (χ1v) is 9.75. The van der Waals surface area contributed by atoms with Crippen molar-refractivity contribution in [2.75, 3.05) is 4.72 Å². The largest absolute Gasteiger partial charge is 0.416 e. The zero-order chi connectivity index (χ0) is 19.1. The van der Waals surface area contributed by atoms with Crippen molar-refractivity contribution in [2.24, 2.45) is 0 Å². The summed E-state index contributed by atoms with van der Waals surface area (Å²) in [5.41, 5.74) is -0.536. The van der Waals surface area contributed by atoms with Crippen molar-refractivity contribution in [1.82, 2.24) is 4.57 Å². The Balaban J connectivity index is 1.98. The molecule has 0 aliphatic heterocycles. The third kappa shape index (κ3) is 3.47. The Morgan fingerprint density at radius 2 is 1.88 bits per heavy atom. The second-order valence-corrected chi connectivity index (χ2v) is 8.10. The highest BCUT2D eigenvalue weighted by atomic mass is 32.2. The summed E-state index contributed by atoms with van der Waals surface area (Å²) in [5.74, 6) is 0. The number of sulfonamides is 1. The molecule has 1 aromatic heterocycles. The molecule has 0 bridgehead atoms. The van der Waals surface area contributed by atoms with E-state index in [4.69, 9.17) is 0 Å². The lowest BCUT2D eigenvalue weighted by atomic mass is 10.2. The molecule has 10 heteroatoms. The fourth-order valence-corrected chi connectivity index (χ4v) is 4.63. The van der Waals surface area contributed by atoms with Crippen molar-refractivity contribution < 1.29 is 21.6 Å². The van der Waals surface area contributed by atoms with E-state index in [9.17, 15) is 26.4 Å². The van der Waals surface area contributed by atoms with E-state index in [1.165, 1.54) is 28.8 Å². The normalized spacial score (nSPS) is 12.5. The number of thiazole rings is 1. The smallest absolute Gasteiger partial charge is 0.299 e. The average molecular weight is 402 g/mol. The third-order valence-corrected chi connectivity index (χ3v) is 6.03. The molecular weight excluding hydrogens is 389 g/mol. The van der Waals surface area contributed by atoms with Gasteiger partial charge in [0.15, 0.2) is 0 Å². The maximum Gasteiger partial charge on any atom is 0.416 e. The van der Waals surface area contributed by atoms with E-state index in [1.54, 1.807) is 6.92 Å². The first-order chi connectivity index (χ1) is 12.1. The maximum absolute atomic E-state index is 12.8. The molecule has 0 aliphatic rings. The quantitative estimate of drug-likeness (QED) is 0.720. The molecule has 0 saturated heterocycles. The Bertz CT molecular complexity index is 1130. The third-order valence-electron chi connectivity index (χ3n) is 3.71. The van der Waals surface area contributed by atoms with Crippen molar-refractivity contribution in [3.63, 3.8) is 0 Å². The van der Waals surface area contributed by atoms with Gasteiger partial charge < -0.3 is 0 Å². The highest BCUT2D eigenvalue weighted by Crippen LogP contribution is 2.31. The van der Waals surface area contributed by atoms with Crippen LogP contribution in [0.15, 0.2) is 52.2 Å². The topological polar surface area (TPSA) is 68.2 Å². The Labute approximate surface area is 150 Å². The van der Waals surface area contributed by atoms with Gasteiger partial charge in [-0.2, -0.15) is 13.2 Å². The predicted molar refractivity (Wildman–Crippen MR) is 94.0 cm³/mol. The van der Waals surface area contributed by atoms with Crippen LogP contribution in [0.1, 0.15) is 12.5 Å². The van der Waals surface area contributed by atoms with E-state index in [2.05, 4.69) is 4.72 Å². The minimum absolute atomic E-state index is 0.132. The predicted octanol–water partition coefficient (Wildman–Crippen LogP) is 3.90. The van der Waals surface area contributed by atoms with Crippen LogP contribution in [-0.2, 0) is 22.7 Å². The van der Waals surface area contributed by atoms with Crippen LogP contribution < -0.4 is 9.60 Å². The molecular formula is C16H13F3N2O3S2. The summed E-state index contributed by atoms with van der Waals surface area (Å²) in [4.78, 5) is 11.5. The van der Waals surface area contributed by atoms with Crippen LogP contribution in [0.2, 0.25) is 0 Å². The highest BCUT2D eigenvalue weighted by Gasteiger charge is 2.30. The number of nitrogens with zero attached hydrogens (tertiary/aromatic N) is 1. The number of nitrogens with one attached hydrogen (secondary N) is 1. The maximum atomic E-state index is 12.8. The zero-order valence-electron chi connectivity index (χ0n) is 13.4. The standard InChI is InChI=1S/C16H13F3N2O3S2/c1-2-21-13-7-6-12(9-14(13)25-15(21)22)26(23,24)20-11-5-3-4-10(8-11)16(17,18)19/h3-9,20H,2H2,1H3. The van der Waals surface area contributed by atoms with Crippen LogP contribution in [0.4, 0.5) is 18.9 Å². The van der Waals surface area contributed by atoms with Gasteiger partial charge in [0.05, 0.1) is 20.7 Å². The Hall–Kier alpha value is -2.33. The number of anilines is 1. The number of rotatable bonds is 4. The van der Waals surface area contributed by atoms with Crippen molar-refractivity contribution in [3.8, 4) is 0 Å². The minimum Gasteiger partial charge on any atom is -0.299 e. The summed E-state index contributed by atoms with van der Waals surface area (Å²) >= 11 is 0.912. The number of fused-ring (bicyclic) bond motifs is 1. The van der Waals surface area contributed by atoms with Crippen molar-refractivity contribution >= 4 is 37.3 Å². The number of alkyl halides is 3. The minimum atomic E-state index is -4.57. The summed E-state index contributed by atoms with van der Waals surface area (Å²) in [6.07, 6.45) is -4.57. The van der Waals surface area contributed by atoms with Gasteiger partial charge in [0.25, 0.3) is 10.0 Å². The number of halogens is 3. The van der Waals surface area contributed by atoms with Gasteiger partial charge in [-0.15, -0.1) is 0 Å². The first-order valence-electron chi connectivity index (χ1n) is 7.45. The second kappa shape index (κ2) is 6.44. The van der Waals surface area contributed by atoms with Gasteiger partial charge in [-0.3, -0.25) is 14.1 Å². The molecule has 0 saturated carbocycles. The average Bonchev–Trinajstić information content (AvgIpc) is 2.88. The van der Waals surface area contributed by atoms with Gasteiger partial charge in [-0.05, 0) is 43.3 Å². The van der Waals surface area contributed by atoms with Crippen molar-refractivity contribution in [1.29, 1.82) is 0 Å². The van der Waals surface area contributed by atoms with Crippen LogP contribution in [0.3, 0.4) is 0 Å². The van der Waals surface area contributed by atoms with E-state index in [1.807, 2.05) is 0 Å². The fourth-order valence-electron chi connectivity index (χ4n) is 2.49. The van der Waals surface area contributed by atoms with Crippen LogP contribution in [0.25, 0.3) is 10.2 Å². The van der Waals surface area contributed by atoms with E-state index < -0.39 is 21.8 Å². The summed E-state index contributed by atoms with van der Waals surface area (Å²) in [6, 6.07) is 8.10. The van der Waals surface area contributed by atoms with E-state index >= 15 is 0 Å². The molecule has 26 heavy (non-hydrogen) atoms. The number of aryl methyl sites for hydroxylation is 1. The van der Waals surface area contributed by atoms with E-state index in [0.717, 1.165) is 29.5 Å². The lowest BCUT2D eigenvalue weighted by molar-refractivity contribution is -0.137. The lowest BCUT2D eigenvalue weighted by Gasteiger charge is -2.11. The van der Waals surface area contributed by atoms with Crippen LogP contribution in [0.5, 0.6) is 0 Å². The van der Waals surface area contributed by atoms with Crippen LogP contribution >= 0.6 is 11.3 Å². The molecule has 0 spiro atoms. The van der Waals surface area contributed by atoms with Crippen LogP contribution in [-0.4, -0.2) is 13.0 Å². The summed E-state index contributed by atoms with van der Waals surface area (Å²) in [7, 11) is -4.10. The molecule has 0 atom stereocenters. The second-order valence-electron chi connectivity index (χ2n) is 5.43.